The molecule has 0 aliphatic heterocycles. The van der Waals surface area contributed by atoms with Crippen LogP contribution in [0.25, 0.3) is 0 Å². The molecule has 1 atom stereocenters. The first-order valence-electron chi connectivity index (χ1n) is 5.87. The number of carbonyl (C=O) groups excluding carboxylic acids is 1. The number of hydrogen-bond acceptors (Lipinski definition) is 4. The third-order valence-electron chi connectivity index (χ3n) is 2.93. The van der Waals surface area contributed by atoms with Crippen molar-refractivity contribution in [3.8, 4) is 5.75 Å². The molecule has 1 aromatic rings. The van der Waals surface area contributed by atoms with Crippen LogP contribution in [0.15, 0.2) is 29.4 Å². The topological polar surface area (TPSA) is 88.2 Å². The molecule has 0 fully saturated rings. The van der Waals surface area contributed by atoms with Crippen molar-refractivity contribution in [3.05, 3.63) is 29.8 Å². The summed E-state index contributed by atoms with van der Waals surface area (Å²) in [6, 6.07) is 6.76. The first-order chi connectivity index (χ1) is 8.99. The van der Waals surface area contributed by atoms with Crippen LogP contribution in [-0.4, -0.2) is 42.0 Å². The van der Waals surface area contributed by atoms with Crippen molar-refractivity contribution >= 4 is 11.7 Å². The number of carbonyl (C=O) groups is 1. The Balaban J connectivity index is 2.81. The van der Waals surface area contributed by atoms with E-state index in [-0.39, 0.29) is 17.8 Å². The lowest BCUT2D eigenvalue weighted by atomic mass is 10.1. The average Bonchev–Trinajstić information content (AvgIpc) is 2.45. The molecule has 0 heterocycles. The Morgan fingerprint density at radius 3 is 2.84 bits per heavy atom. The Labute approximate surface area is 112 Å². The molecule has 0 aliphatic carbocycles. The van der Waals surface area contributed by atoms with Gasteiger partial charge in [0.05, 0.1) is 7.11 Å². The zero-order valence-electron chi connectivity index (χ0n) is 11.3. The van der Waals surface area contributed by atoms with Crippen molar-refractivity contribution in [3.63, 3.8) is 0 Å². The molecule has 1 aromatic carbocycles. The average molecular weight is 265 g/mol. The van der Waals surface area contributed by atoms with Crippen LogP contribution in [0.1, 0.15) is 23.7 Å². The summed E-state index contributed by atoms with van der Waals surface area (Å²) in [5, 5.41) is 11.4. The molecule has 1 amide bonds. The van der Waals surface area contributed by atoms with Crippen LogP contribution in [-0.2, 0) is 0 Å². The second-order valence-corrected chi connectivity index (χ2v) is 4.29. The Bertz CT molecular complexity index is 474. The quantitative estimate of drug-likeness (QED) is 0.363. The van der Waals surface area contributed by atoms with Gasteiger partial charge >= 0.3 is 0 Å². The molecular formula is C13H19N3O3. The summed E-state index contributed by atoms with van der Waals surface area (Å²) in [6.45, 7) is 1.83. The predicted molar refractivity (Wildman–Crippen MR) is 72.6 cm³/mol. The van der Waals surface area contributed by atoms with E-state index in [4.69, 9.17) is 15.7 Å². The highest BCUT2D eigenvalue weighted by atomic mass is 16.5. The minimum Gasteiger partial charge on any atom is -0.497 e. The van der Waals surface area contributed by atoms with Gasteiger partial charge in [0.1, 0.15) is 11.6 Å². The number of benzene rings is 1. The zero-order chi connectivity index (χ0) is 14.4. The lowest BCUT2D eigenvalue weighted by molar-refractivity contribution is 0.0747. The maximum Gasteiger partial charge on any atom is 0.253 e. The molecular weight excluding hydrogens is 246 g/mol. The Morgan fingerprint density at radius 2 is 2.26 bits per heavy atom. The number of methoxy groups -OCH3 is 1. The molecule has 6 nitrogen and oxygen atoms in total. The predicted octanol–water partition coefficient (Wildman–Crippen LogP) is 1.29. The summed E-state index contributed by atoms with van der Waals surface area (Å²) in [7, 11) is 3.23. The van der Waals surface area contributed by atoms with Crippen LogP contribution in [0.5, 0.6) is 5.75 Å². The third-order valence-corrected chi connectivity index (χ3v) is 2.93. The van der Waals surface area contributed by atoms with Gasteiger partial charge in [-0.2, -0.15) is 0 Å². The van der Waals surface area contributed by atoms with Gasteiger partial charge in [-0.1, -0.05) is 11.2 Å². The number of amides is 1. The van der Waals surface area contributed by atoms with Crippen molar-refractivity contribution in [2.24, 2.45) is 10.9 Å². The number of rotatable bonds is 5. The van der Waals surface area contributed by atoms with E-state index in [0.29, 0.717) is 17.7 Å². The van der Waals surface area contributed by atoms with Gasteiger partial charge in [-0.3, -0.25) is 4.79 Å². The van der Waals surface area contributed by atoms with Crippen molar-refractivity contribution in [1.82, 2.24) is 4.90 Å². The van der Waals surface area contributed by atoms with Crippen molar-refractivity contribution in [1.29, 1.82) is 0 Å². The van der Waals surface area contributed by atoms with Crippen molar-refractivity contribution in [2.45, 2.75) is 19.4 Å². The molecule has 1 unspecified atom stereocenters. The van der Waals surface area contributed by atoms with E-state index in [1.165, 1.54) is 0 Å². The Kier molecular flexibility index (Phi) is 5.17. The highest BCUT2D eigenvalue weighted by Crippen LogP contribution is 2.15. The smallest absolute Gasteiger partial charge is 0.253 e. The van der Waals surface area contributed by atoms with E-state index in [1.807, 2.05) is 6.92 Å². The van der Waals surface area contributed by atoms with Crippen molar-refractivity contribution < 1.29 is 14.7 Å². The molecule has 0 spiro atoms. The van der Waals surface area contributed by atoms with Crippen LogP contribution in [0.3, 0.4) is 0 Å². The summed E-state index contributed by atoms with van der Waals surface area (Å²) < 4.78 is 5.08. The fraction of sp³-hybridized carbons (Fsp3) is 0.385. The summed E-state index contributed by atoms with van der Waals surface area (Å²) in [6.07, 6.45) is 0.308. The van der Waals surface area contributed by atoms with Gasteiger partial charge in [-0.15, -0.1) is 0 Å². The van der Waals surface area contributed by atoms with Gasteiger partial charge in [0.2, 0.25) is 0 Å². The first-order valence-corrected chi connectivity index (χ1v) is 5.87. The molecule has 0 saturated carbocycles. The van der Waals surface area contributed by atoms with E-state index in [1.54, 1.807) is 43.3 Å². The fourth-order valence-corrected chi connectivity index (χ4v) is 1.64. The number of amidine groups is 1. The van der Waals surface area contributed by atoms with Gasteiger partial charge in [0, 0.05) is 25.1 Å². The number of hydrogen-bond donors (Lipinski definition) is 2. The highest BCUT2D eigenvalue weighted by Gasteiger charge is 2.18. The molecule has 0 aliphatic rings. The maximum absolute atomic E-state index is 12.3. The van der Waals surface area contributed by atoms with Gasteiger partial charge in [-0.25, -0.2) is 0 Å². The number of ether oxygens (including phenoxy) is 1. The first kappa shape index (κ1) is 14.8. The number of nitrogens with two attached hydrogens (primary N) is 1. The molecule has 6 heteroatoms. The van der Waals surface area contributed by atoms with E-state index >= 15 is 0 Å². The third kappa shape index (κ3) is 3.87. The maximum atomic E-state index is 12.3. The van der Waals surface area contributed by atoms with E-state index in [2.05, 4.69) is 5.16 Å². The van der Waals surface area contributed by atoms with Gasteiger partial charge < -0.3 is 20.6 Å². The molecule has 0 radical (unpaired) electrons. The Morgan fingerprint density at radius 1 is 1.58 bits per heavy atom. The molecule has 1 rings (SSSR count). The molecule has 0 aromatic heterocycles. The van der Waals surface area contributed by atoms with Gasteiger partial charge in [0.15, 0.2) is 0 Å². The summed E-state index contributed by atoms with van der Waals surface area (Å²) in [5.74, 6) is 0.582. The fourth-order valence-electron chi connectivity index (χ4n) is 1.64. The molecule has 0 saturated heterocycles. The number of nitrogens with zero attached hydrogens (tertiary/aromatic N) is 2. The van der Waals surface area contributed by atoms with Gasteiger partial charge in [0.25, 0.3) is 5.91 Å². The lowest BCUT2D eigenvalue weighted by Gasteiger charge is -2.24. The second-order valence-electron chi connectivity index (χ2n) is 4.29. The van der Waals surface area contributed by atoms with Gasteiger partial charge in [-0.05, 0) is 25.1 Å². The normalized spacial score (nSPS) is 12.9. The highest BCUT2D eigenvalue weighted by molar-refractivity contribution is 5.95. The molecule has 104 valence electrons. The molecule has 0 bridgehead atoms. The van der Waals surface area contributed by atoms with Crippen LogP contribution < -0.4 is 10.5 Å². The molecule has 3 N–H and O–H groups in total. The van der Waals surface area contributed by atoms with Crippen LogP contribution in [0, 0.1) is 0 Å². The van der Waals surface area contributed by atoms with Crippen LogP contribution in [0.2, 0.25) is 0 Å². The van der Waals surface area contributed by atoms with E-state index in [0.717, 1.165) is 0 Å². The van der Waals surface area contributed by atoms with E-state index in [9.17, 15) is 4.79 Å². The zero-order valence-corrected chi connectivity index (χ0v) is 11.3. The minimum absolute atomic E-state index is 0.0952. The largest absolute Gasteiger partial charge is 0.497 e. The van der Waals surface area contributed by atoms with Crippen molar-refractivity contribution in [2.75, 3.05) is 14.2 Å². The second kappa shape index (κ2) is 6.63. The van der Waals surface area contributed by atoms with E-state index < -0.39 is 0 Å². The lowest BCUT2D eigenvalue weighted by Crippen LogP contribution is -2.37. The Hall–Kier alpha value is -2.24. The summed E-state index contributed by atoms with van der Waals surface area (Å²) in [5.41, 5.74) is 5.97. The van der Waals surface area contributed by atoms with Crippen LogP contribution in [0.4, 0.5) is 0 Å². The SMILES string of the molecule is COc1cccc(C(=O)N(C)C(C)CC(N)=NO)c1. The molecule has 19 heavy (non-hydrogen) atoms. The van der Waals surface area contributed by atoms with Crippen LogP contribution >= 0.6 is 0 Å². The summed E-state index contributed by atoms with van der Waals surface area (Å²) in [4.78, 5) is 13.8. The minimum atomic E-state index is -0.172. The monoisotopic (exact) mass is 265 g/mol. The summed E-state index contributed by atoms with van der Waals surface area (Å²) >= 11 is 0. The number of oxime groups is 1. The standard InChI is InChI=1S/C13H19N3O3/c1-9(7-12(14)15-18)16(2)13(17)10-5-4-6-11(8-10)19-3/h4-6,8-9,18H,7H2,1-3H3,(H2,14,15).